The van der Waals surface area contributed by atoms with Crippen molar-refractivity contribution in [2.75, 3.05) is 19.8 Å². The fraction of sp³-hybridized carbons (Fsp3) is 0.412. The zero-order valence-corrected chi connectivity index (χ0v) is 12.2. The molecular weight excluding hydrogens is 266 g/mol. The lowest BCUT2D eigenvalue weighted by Gasteiger charge is -2.36. The minimum absolute atomic E-state index is 0.0661. The van der Waals surface area contributed by atoms with Crippen LogP contribution < -0.4 is 0 Å². The van der Waals surface area contributed by atoms with Crippen LogP contribution in [0.4, 0.5) is 0 Å². The van der Waals surface area contributed by atoms with Gasteiger partial charge in [-0.25, -0.2) is 0 Å². The summed E-state index contributed by atoms with van der Waals surface area (Å²) in [7, 11) is 0. The van der Waals surface area contributed by atoms with Gasteiger partial charge >= 0.3 is 0 Å². The van der Waals surface area contributed by atoms with E-state index < -0.39 is 0 Å². The Hall–Kier alpha value is -1.62. The van der Waals surface area contributed by atoms with Crippen LogP contribution in [0.3, 0.4) is 0 Å². The van der Waals surface area contributed by atoms with E-state index in [2.05, 4.69) is 11.8 Å². The molecule has 2 aromatic rings. The second kappa shape index (κ2) is 6.43. The molecule has 0 bridgehead atoms. The van der Waals surface area contributed by atoms with Crippen molar-refractivity contribution in [3.8, 4) is 11.3 Å². The molecule has 21 heavy (non-hydrogen) atoms. The van der Waals surface area contributed by atoms with E-state index in [1.165, 1.54) is 0 Å². The van der Waals surface area contributed by atoms with Gasteiger partial charge in [0, 0.05) is 18.2 Å². The highest BCUT2D eigenvalue weighted by molar-refractivity contribution is 5.57. The quantitative estimate of drug-likeness (QED) is 0.938. The van der Waals surface area contributed by atoms with Gasteiger partial charge in [0.05, 0.1) is 25.9 Å². The van der Waals surface area contributed by atoms with Crippen molar-refractivity contribution in [3.05, 3.63) is 48.2 Å². The molecule has 3 rings (SSSR count). The molecule has 4 heteroatoms. The predicted octanol–water partition coefficient (Wildman–Crippen LogP) is 2.53. The van der Waals surface area contributed by atoms with Crippen LogP contribution in [0.1, 0.15) is 12.7 Å². The van der Waals surface area contributed by atoms with Crippen LogP contribution in [0.15, 0.2) is 46.9 Å². The van der Waals surface area contributed by atoms with Gasteiger partial charge in [-0.1, -0.05) is 30.3 Å². The Kier molecular flexibility index (Phi) is 4.39. The van der Waals surface area contributed by atoms with Crippen molar-refractivity contribution in [3.63, 3.8) is 0 Å². The highest BCUT2D eigenvalue weighted by atomic mass is 16.5. The highest BCUT2D eigenvalue weighted by Crippen LogP contribution is 2.23. The number of ether oxygens (including phenoxy) is 1. The summed E-state index contributed by atoms with van der Waals surface area (Å²) in [6.07, 6.45) is -0.0928. The second-order valence-corrected chi connectivity index (χ2v) is 5.55. The third-order valence-corrected chi connectivity index (χ3v) is 3.92. The molecule has 1 saturated heterocycles. The van der Waals surface area contributed by atoms with Crippen molar-refractivity contribution in [2.24, 2.45) is 0 Å². The number of hydrogen-bond donors (Lipinski definition) is 1. The standard InChI is InChI=1S/C17H21NO3/c1-13-12-20-16(11-19)10-18(13)9-15-7-8-17(21-15)14-5-3-2-4-6-14/h2-8,13,16,19H,9-12H2,1H3/t13-,16-/m1/s1. The molecule has 4 nitrogen and oxygen atoms in total. The Morgan fingerprint density at radius 3 is 2.76 bits per heavy atom. The summed E-state index contributed by atoms with van der Waals surface area (Å²) < 4.78 is 11.5. The largest absolute Gasteiger partial charge is 0.460 e. The number of furan rings is 1. The summed E-state index contributed by atoms with van der Waals surface area (Å²) in [6.45, 7) is 4.33. The van der Waals surface area contributed by atoms with E-state index in [-0.39, 0.29) is 12.7 Å². The van der Waals surface area contributed by atoms with Crippen molar-refractivity contribution in [2.45, 2.75) is 25.6 Å². The fourth-order valence-corrected chi connectivity index (χ4v) is 2.63. The van der Waals surface area contributed by atoms with E-state index in [0.717, 1.165) is 30.2 Å². The third-order valence-electron chi connectivity index (χ3n) is 3.92. The smallest absolute Gasteiger partial charge is 0.134 e. The second-order valence-electron chi connectivity index (χ2n) is 5.55. The molecule has 1 aromatic heterocycles. The van der Waals surface area contributed by atoms with Crippen molar-refractivity contribution >= 4 is 0 Å². The molecule has 2 atom stereocenters. The third kappa shape index (κ3) is 3.35. The Morgan fingerprint density at radius 1 is 1.19 bits per heavy atom. The average molecular weight is 287 g/mol. The maximum absolute atomic E-state index is 9.24. The van der Waals surface area contributed by atoms with Gasteiger partial charge < -0.3 is 14.3 Å². The first-order valence-electron chi connectivity index (χ1n) is 7.37. The van der Waals surface area contributed by atoms with Crippen molar-refractivity contribution < 1.29 is 14.3 Å². The minimum atomic E-state index is -0.0928. The lowest BCUT2D eigenvalue weighted by atomic mass is 10.2. The molecule has 0 unspecified atom stereocenters. The molecule has 0 spiro atoms. The van der Waals surface area contributed by atoms with E-state index in [1.807, 2.05) is 42.5 Å². The number of aliphatic hydroxyl groups excluding tert-OH is 1. The summed E-state index contributed by atoms with van der Waals surface area (Å²) in [5, 5.41) is 9.24. The zero-order chi connectivity index (χ0) is 14.7. The van der Waals surface area contributed by atoms with Gasteiger partial charge in [0.25, 0.3) is 0 Å². The van der Waals surface area contributed by atoms with Gasteiger partial charge in [0.2, 0.25) is 0 Å². The summed E-state index contributed by atoms with van der Waals surface area (Å²) in [5.74, 6) is 1.84. The highest BCUT2D eigenvalue weighted by Gasteiger charge is 2.26. The Bertz CT molecular complexity index is 566. The summed E-state index contributed by atoms with van der Waals surface area (Å²) in [6, 6.07) is 14.5. The zero-order valence-electron chi connectivity index (χ0n) is 12.2. The van der Waals surface area contributed by atoms with Gasteiger partial charge in [0.1, 0.15) is 11.5 Å². The van der Waals surface area contributed by atoms with Crippen LogP contribution >= 0.6 is 0 Å². The predicted molar refractivity (Wildman–Crippen MR) is 80.8 cm³/mol. The topological polar surface area (TPSA) is 45.8 Å². The number of aliphatic hydroxyl groups is 1. The van der Waals surface area contributed by atoms with Crippen molar-refractivity contribution in [1.29, 1.82) is 0 Å². The van der Waals surface area contributed by atoms with E-state index in [0.29, 0.717) is 12.6 Å². The van der Waals surface area contributed by atoms with Crippen molar-refractivity contribution in [1.82, 2.24) is 4.90 Å². The van der Waals surface area contributed by atoms with Gasteiger partial charge in [0.15, 0.2) is 0 Å². The molecule has 1 aliphatic heterocycles. The first kappa shape index (κ1) is 14.3. The maximum Gasteiger partial charge on any atom is 0.134 e. The Morgan fingerprint density at radius 2 is 2.00 bits per heavy atom. The lowest BCUT2D eigenvalue weighted by molar-refractivity contribution is -0.0819. The van der Waals surface area contributed by atoms with Gasteiger partial charge in [-0.2, -0.15) is 0 Å². The van der Waals surface area contributed by atoms with E-state index >= 15 is 0 Å². The van der Waals surface area contributed by atoms with Crippen LogP contribution in [0.25, 0.3) is 11.3 Å². The van der Waals surface area contributed by atoms with Gasteiger partial charge in [-0.15, -0.1) is 0 Å². The minimum Gasteiger partial charge on any atom is -0.460 e. The molecule has 1 fully saturated rings. The normalized spacial score (nSPS) is 23.3. The maximum atomic E-state index is 9.24. The molecular formula is C17H21NO3. The van der Waals surface area contributed by atoms with Gasteiger partial charge in [-0.3, -0.25) is 4.90 Å². The molecule has 1 aromatic carbocycles. The molecule has 1 N–H and O–H groups in total. The molecule has 1 aliphatic rings. The molecule has 112 valence electrons. The lowest BCUT2D eigenvalue weighted by Crippen LogP contribution is -2.48. The summed E-state index contributed by atoms with van der Waals surface area (Å²) >= 11 is 0. The SMILES string of the molecule is C[C@@H]1CO[C@@H](CO)CN1Cc1ccc(-c2ccccc2)o1. The van der Waals surface area contributed by atoms with Crippen LogP contribution in [0.5, 0.6) is 0 Å². The summed E-state index contributed by atoms with van der Waals surface area (Å²) in [4.78, 5) is 2.29. The fourth-order valence-electron chi connectivity index (χ4n) is 2.63. The van der Waals surface area contributed by atoms with E-state index in [4.69, 9.17) is 9.15 Å². The van der Waals surface area contributed by atoms with Crippen LogP contribution in [0.2, 0.25) is 0 Å². The number of benzene rings is 1. The number of morpholine rings is 1. The first-order chi connectivity index (χ1) is 10.3. The van der Waals surface area contributed by atoms with Crippen LogP contribution in [0, 0.1) is 0 Å². The van der Waals surface area contributed by atoms with Gasteiger partial charge in [-0.05, 0) is 19.1 Å². The molecule has 0 amide bonds. The molecule has 2 heterocycles. The molecule has 0 radical (unpaired) electrons. The average Bonchev–Trinajstić information content (AvgIpc) is 2.99. The van der Waals surface area contributed by atoms with E-state index in [9.17, 15) is 5.11 Å². The summed E-state index contributed by atoms with van der Waals surface area (Å²) in [5.41, 5.74) is 1.09. The number of nitrogens with zero attached hydrogens (tertiary/aromatic N) is 1. The van der Waals surface area contributed by atoms with E-state index in [1.54, 1.807) is 0 Å². The van der Waals surface area contributed by atoms with Crippen LogP contribution in [-0.2, 0) is 11.3 Å². The number of rotatable bonds is 4. The monoisotopic (exact) mass is 287 g/mol. The van der Waals surface area contributed by atoms with Crippen LogP contribution in [-0.4, -0.2) is 41.9 Å². The Balaban J connectivity index is 1.69. The molecule has 0 aliphatic carbocycles. The Labute approximate surface area is 124 Å². The first-order valence-corrected chi connectivity index (χ1v) is 7.37. The molecule has 0 saturated carbocycles. The number of hydrogen-bond acceptors (Lipinski definition) is 4.